The number of carbonyl (C=O) groups excluding carboxylic acids is 1. The highest BCUT2D eigenvalue weighted by molar-refractivity contribution is 5.94. The first-order valence-electron chi connectivity index (χ1n) is 4.61. The molecule has 1 amide bonds. The van der Waals surface area contributed by atoms with Gasteiger partial charge in [0.05, 0.1) is 0 Å². The summed E-state index contributed by atoms with van der Waals surface area (Å²) in [6, 6.07) is 0. The number of aliphatic hydroxyl groups is 1. The molecule has 0 saturated carbocycles. The van der Waals surface area contributed by atoms with Gasteiger partial charge in [0, 0.05) is 44.9 Å². The van der Waals surface area contributed by atoms with Gasteiger partial charge in [-0.2, -0.15) is 0 Å². The quantitative estimate of drug-likeness (QED) is 0.709. The summed E-state index contributed by atoms with van der Waals surface area (Å²) in [5.41, 5.74) is 0. The van der Waals surface area contributed by atoms with Crippen molar-refractivity contribution in [2.24, 2.45) is 13.0 Å². The van der Waals surface area contributed by atoms with E-state index in [1.165, 1.54) is 0 Å². The lowest BCUT2D eigenvalue weighted by Crippen LogP contribution is -2.27. The van der Waals surface area contributed by atoms with E-state index >= 15 is 0 Å². The van der Waals surface area contributed by atoms with Gasteiger partial charge in [-0.1, -0.05) is 0 Å². The maximum Gasteiger partial charge on any atom is 0.229 e. The molecule has 14 heavy (non-hydrogen) atoms. The van der Waals surface area contributed by atoms with Gasteiger partial charge in [-0.3, -0.25) is 9.69 Å². The summed E-state index contributed by atoms with van der Waals surface area (Å²) in [7, 11) is 1.85. The van der Waals surface area contributed by atoms with Crippen LogP contribution in [0.25, 0.3) is 0 Å². The Morgan fingerprint density at radius 2 is 2.50 bits per heavy atom. The highest BCUT2D eigenvalue weighted by atomic mass is 16.3. The van der Waals surface area contributed by atoms with Crippen LogP contribution in [0, 0.1) is 5.92 Å². The Kier molecular flexibility index (Phi) is 2.25. The van der Waals surface area contributed by atoms with Gasteiger partial charge in [0.15, 0.2) is 0 Å². The number of carbonyl (C=O) groups is 1. The summed E-state index contributed by atoms with van der Waals surface area (Å²) in [4.78, 5) is 17.3. The summed E-state index contributed by atoms with van der Waals surface area (Å²) < 4.78 is 1.80. The molecule has 1 aromatic rings. The Bertz CT molecular complexity index is 348. The molecule has 1 aliphatic heterocycles. The van der Waals surface area contributed by atoms with E-state index in [9.17, 15) is 4.79 Å². The summed E-state index contributed by atoms with van der Waals surface area (Å²) in [6.45, 7) is 0.632. The molecule has 1 fully saturated rings. The lowest BCUT2D eigenvalue weighted by molar-refractivity contribution is -0.117. The third-order valence-electron chi connectivity index (χ3n) is 2.50. The molecule has 1 aromatic heterocycles. The molecule has 1 unspecified atom stereocenters. The average molecular weight is 195 g/mol. The molecule has 0 bridgehead atoms. The van der Waals surface area contributed by atoms with Gasteiger partial charge < -0.3 is 9.67 Å². The Labute approximate surface area is 82.0 Å². The molecule has 0 aromatic carbocycles. The lowest BCUT2D eigenvalue weighted by atomic mass is 10.1. The van der Waals surface area contributed by atoms with Crippen LogP contribution in [0.2, 0.25) is 0 Å². The summed E-state index contributed by atoms with van der Waals surface area (Å²) >= 11 is 0. The van der Waals surface area contributed by atoms with Crippen LogP contribution in [0.15, 0.2) is 12.4 Å². The molecule has 1 N–H and O–H groups in total. The molecular weight excluding hydrogens is 182 g/mol. The van der Waals surface area contributed by atoms with Gasteiger partial charge >= 0.3 is 0 Å². The Hall–Kier alpha value is -1.36. The van der Waals surface area contributed by atoms with Crippen molar-refractivity contribution < 1.29 is 9.90 Å². The minimum atomic E-state index is 0.0401. The second-order valence-corrected chi connectivity index (χ2v) is 3.60. The van der Waals surface area contributed by atoms with Crippen LogP contribution in [0.4, 0.5) is 5.95 Å². The zero-order valence-electron chi connectivity index (χ0n) is 8.05. The number of hydrogen-bond acceptors (Lipinski definition) is 3. The molecule has 2 rings (SSSR count). The predicted octanol–water partition coefficient (Wildman–Crippen LogP) is -0.235. The van der Waals surface area contributed by atoms with Crippen LogP contribution >= 0.6 is 0 Å². The first kappa shape index (κ1) is 9.21. The Morgan fingerprint density at radius 1 is 1.71 bits per heavy atom. The molecule has 0 radical (unpaired) electrons. The molecule has 1 atom stereocenters. The number of nitrogens with zero attached hydrogens (tertiary/aromatic N) is 3. The number of hydrogen-bond donors (Lipinski definition) is 1. The van der Waals surface area contributed by atoms with Crippen molar-refractivity contribution in [1.29, 1.82) is 0 Å². The van der Waals surface area contributed by atoms with E-state index in [1.54, 1.807) is 21.9 Å². The van der Waals surface area contributed by atoms with E-state index in [0.717, 1.165) is 0 Å². The van der Waals surface area contributed by atoms with Gasteiger partial charge in [0.2, 0.25) is 11.9 Å². The van der Waals surface area contributed by atoms with Gasteiger partial charge in [-0.05, 0) is 0 Å². The maximum absolute atomic E-state index is 11.6. The van der Waals surface area contributed by atoms with Crippen LogP contribution in [-0.4, -0.2) is 33.7 Å². The van der Waals surface area contributed by atoms with Crippen molar-refractivity contribution in [2.45, 2.75) is 6.42 Å². The number of aromatic nitrogens is 2. The van der Waals surface area contributed by atoms with Crippen molar-refractivity contribution in [3.05, 3.63) is 12.4 Å². The second kappa shape index (κ2) is 3.42. The van der Waals surface area contributed by atoms with Crippen LogP contribution in [0.1, 0.15) is 6.42 Å². The molecule has 0 spiro atoms. The van der Waals surface area contributed by atoms with Crippen molar-refractivity contribution in [1.82, 2.24) is 9.55 Å². The number of aryl methyl sites for hydroxylation is 1. The molecule has 0 aliphatic carbocycles. The third kappa shape index (κ3) is 1.39. The standard InChI is InChI=1S/C9H13N3O2/c1-11-3-2-10-9(11)12-5-7(6-13)4-8(12)14/h2-3,7,13H,4-6H2,1H3. The van der Waals surface area contributed by atoms with Crippen LogP contribution < -0.4 is 4.90 Å². The minimum absolute atomic E-state index is 0.0401. The minimum Gasteiger partial charge on any atom is -0.396 e. The normalized spacial score (nSPS) is 22.0. The Balaban J connectivity index is 2.20. The fraction of sp³-hybridized carbons (Fsp3) is 0.556. The topological polar surface area (TPSA) is 58.4 Å². The van der Waals surface area contributed by atoms with Gasteiger partial charge in [-0.25, -0.2) is 4.98 Å². The van der Waals surface area contributed by atoms with Gasteiger partial charge in [0.1, 0.15) is 0 Å². The smallest absolute Gasteiger partial charge is 0.229 e. The second-order valence-electron chi connectivity index (χ2n) is 3.60. The predicted molar refractivity (Wildman–Crippen MR) is 50.8 cm³/mol. The van der Waals surface area contributed by atoms with E-state index in [-0.39, 0.29) is 18.4 Å². The number of anilines is 1. The monoisotopic (exact) mass is 195 g/mol. The van der Waals surface area contributed by atoms with E-state index in [0.29, 0.717) is 18.9 Å². The number of aliphatic hydroxyl groups excluding tert-OH is 1. The van der Waals surface area contributed by atoms with Crippen molar-refractivity contribution in [2.75, 3.05) is 18.1 Å². The fourth-order valence-corrected chi connectivity index (χ4v) is 1.72. The highest BCUT2D eigenvalue weighted by Gasteiger charge is 2.31. The van der Waals surface area contributed by atoms with E-state index < -0.39 is 0 Å². The van der Waals surface area contributed by atoms with E-state index in [4.69, 9.17) is 5.11 Å². The van der Waals surface area contributed by atoms with Crippen LogP contribution in [-0.2, 0) is 11.8 Å². The zero-order valence-corrected chi connectivity index (χ0v) is 8.05. The average Bonchev–Trinajstić information content (AvgIpc) is 2.72. The van der Waals surface area contributed by atoms with E-state index in [2.05, 4.69) is 4.98 Å². The third-order valence-corrected chi connectivity index (χ3v) is 2.50. The maximum atomic E-state index is 11.6. The first-order chi connectivity index (χ1) is 6.72. The van der Waals surface area contributed by atoms with Crippen LogP contribution in [0.3, 0.4) is 0 Å². The molecule has 2 heterocycles. The Morgan fingerprint density at radius 3 is 3.00 bits per heavy atom. The summed E-state index contributed by atoms with van der Waals surface area (Å²) in [5, 5.41) is 8.96. The first-order valence-corrected chi connectivity index (χ1v) is 4.61. The largest absolute Gasteiger partial charge is 0.396 e. The number of imidazole rings is 1. The van der Waals surface area contributed by atoms with Crippen molar-refractivity contribution in [3.63, 3.8) is 0 Å². The number of rotatable bonds is 2. The number of amides is 1. The zero-order chi connectivity index (χ0) is 10.1. The molecule has 5 nitrogen and oxygen atoms in total. The van der Waals surface area contributed by atoms with Crippen LogP contribution in [0.5, 0.6) is 0 Å². The van der Waals surface area contributed by atoms with Crippen molar-refractivity contribution >= 4 is 11.9 Å². The van der Waals surface area contributed by atoms with E-state index in [1.807, 2.05) is 7.05 Å². The lowest BCUT2D eigenvalue weighted by Gasteiger charge is -2.14. The fourth-order valence-electron chi connectivity index (χ4n) is 1.72. The molecule has 1 aliphatic rings. The SMILES string of the molecule is Cn1ccnc1N1CC(CO)CC1=O. The summed E-state index contributed by atoms with van der Waals surface area (Å²) in [6.07, 6.45) is 3.88. The van der Waals surface area contributed by atoms with Gasteiger partial charge in [0.25, 0.3) is 0 Å². The molecule has 5 heteroatoms. The van der Waals surface area contributed by atoms with Gasteiger partial charge in [-0.15, -0.1) is 0 Å². The molecule has 76 valence electrons. The highest BCUT2D eigenvalue weighted by Crippen LogP contribution is 2.22. The molecular formula is C9H13N3O2. The summed E-state index contributed by atoms with van der Waals surface area (Å²) in [5.74, 6) is 0.753. The van der Waals surface area contributed by atoms with Crippen molar-refractivity contribution in [3.8, 4) is 0 Å². The molecule has 1 saturated heterocycles.